The van der Waals surface area contributed by atoms with Gasteiger partial charge in [0, 0.05) is 27.5 Å². The van der Waals surface area contributed by atoms with E-state index >= 15 is 0 Å². The normalized spacial score (nSPS) is 12.0. The molecule has 0 bridgehead atoms. The lowest BCUT2D eigenvalue weighted by molar-refractivity contribution is 0.669. The molecule has 0 N–H and O–H groups in total. The molecule has 1 aliphatic rings. The SMILES string of the molecule is c1ccc2cc(-c3nc(-c4ccc(-c5cccc6ccccc56)cc4)nc(-c4cccc5oc6cc7c(cc6c45)-c4cccc5cccc-7c45)n3)ccc2c1. The van der Waals surface area contributed by atoms with E-state index in [4.69, 9.17) is 19.4 Å². The molecule has 9 aromatic carbocycles. The lowest BCUT2D eigenvalue weighted by Gasteiger charge is -2.11. The quantitative estimate of drug-likeness (QED) is 0.183. The Morgan fingerprint density at radius 1 is 0.291 bits per heavy atom. The molecule has 12 rings (SSSR count). The average molecular weight is 700 g/mol. The molecule has 0 spiro atoms. The van der Waals surface area contributed by atoms with Crippen LogP contribution in [0.15, 0.2) is 180 Å². The second kappa shape index (κ2) is 11.5. The average Bonchev–Trinajstić information content (AvgIpc) is 3.78. The molecule has 0 fully saturated rings. The summed E-state index contributed by atoms with van der Waals surface area (Å²) in [7, 11) is 0. The van der Waals surface area contributed by atoms with Crippen molar-refractivity contribution < 1.29 is 4.42 Å². The van der Waals surface area contributed by atoms with Gasteiger partial charge in [0.15, 0.2) is 17.5 Å². The number of fused-ring (bicyclic) bond motifs is 8. The number of aromatic nitrogens is 3. The van der Waals surface area contributed by atoms with Gasteiger partial charge in [-0.3, -0.25) is 0 Å². The smallest absolute Gasteiger partial charge is 0.164 e. The molecule has 0 radical (unpaired) electrons. The molecule has 0 amide bonds. The lowest BCUT2D eigenvalue weighted by atomic mass is 9.97. The van der Waals surface area contributed by atoms with E-state index in [-0.39, 0.29) is 0 Å². The van der Waals surface area contributed by atoms with Crippen LogP contribution >= 0.6 is 0 Å². The molecule has 1 aliphatic carbocycles. The van der Waals surface area contributed by atoms with E-state index in [1.807, 2.05) is 12.1 Å². The summed E-state index contributed by atoms with van der Waals surface area (Å²) in [6.07, 6.45) is 0. The van der Waals surface area contributed by atoms with E-state index < -0.39 is 0 Å². The maximum absolute atomic E-state index is 6.63. The first kappa shape index (κ1) is 30.1. The predicted octanol–water partition coefficient (Wildman–Crippen LogP) is 13.5. The molecule has 0 unspecified atom stereocenters. The topological polar surface area (TPSA) is 51.8 Å². The molecule has 55 heavy (non-hydrogen) atoms. The van der Waals surface area contributed by atoms with Crippen molar-refractivity contribution in [2.75, 3.05) is 0 Å². The van der Waals surface area contributed by atoms with Crippen LogP contribution < -0.4 is 0 Å². The highest BCUT2D eigenvalue weighted by Crippen LogP contribution is 2.50. The van der Waals surface area contributed by atoms with E-state index in [2.05, 4.69) is 164 Å². The lowest BCUT2D eigenvalue weighted by Crippen LogP contribution is -2.00. The first-order valence-electron chi connectivity index (χ1n) is 18.6. The van der Waals surface area contributed by atoms with E-state index in [0.717, 1.165) is 49.6 Å². The summed E-state index contributed by atoms with van der Waals surface area (Å²) in [6, 6.07) is 62.1. The number of furan rings is 1. The summed E-state index contributed by atoms with van der Waals surface area (Å²) < 4.78 is 6.63. The number of rotatable bonds is 4. The van der Waals surface area contributed by atoms with Crippen molar-refractivity contribution in [3.63, 3.8) is 0 Å². The number of benzene rings is 9. The number of nitrogens with zero attached hydrogens (tertiary/aromatic N) is 3. The minimum Gasteiger partial charge on any atom is -0.456 e. The monoisotopic (exact) mass is 699 g/mol. The van der Waals surface area contributed by atoms with Gasteiger partial charge in [-0.25, -0.2) is 15.0 Å². The third-order valence-corrected chi connectivity index (χ3v) is 11.2. The molecule has 0 saturated carbocycles. The van der Waals surface area contributed by atoms with Gasteiger partial charge in [-0.15, -0.1) is 0 Å². The van der Waals surface area contributed by atoms with Crippen LogP contribution in [0.3, 0.4) is 0 Å². The van der Waals surface area contributed by atoms with Gasteiger partial charge in [-0.05, 0) is 90.0 Å². The molecule has 2 aromatic heterocycles. The Morgan fingerprint density at radius 2 is 0.873 bits per heavy atom. The second-order valence-electron chi connectivity index (χ2n) is 14.4. The Morgan fingerprint density at radius 3 is 1.69 bits per heavy atom. The maximum Gasteiger partial charge on any atom is 0.164 e. The summed E-state index contributed by atoms with van der Waals surface area (Å²) in [5.74, 6) is 1.84. The van der Waals surface area contributed by atoms with Gasteiger partial charge in [0.25, 0.3) is 0 Å². The van der Waals surface area contributed by atoms with Crippen molar-refractivity contribution in [3.05, 3.63) is 176 Å². The minimum atomic E-state index is 0.602. The van der Waals surface area contributed by atoms with Crippen LogP contribution in [0.25, 0.3) is 122 Å². The molecule has 11 aromatic rings. The first-order valence-corrected chi connectivity index (χ1v) is 18.6. The van der Waals surface area contributed by atoms with Gasteiger partial charge in [0.2, 0.25) is 0 Å². The molecule has 0 atom stereocenters. The summed E-state index contributed by atoms with van der Waals surface area (Å²) in [5.41, 5.74) is 11.7. The first-order chi connectivity index (χ1) is 27.2. The molecule has 4 nitrogen and oxygen atoms in total. The van der Waals surface area contributed by atoms with Gasteiger partial charge >= 0.3 is 0 Å². The van der Waals surface area contributed by atoms with E-state index in [1.165, 1.54) is 54.7 Å². The Balaban J connectivity index is 1.06. The van der Waals surface area contributed by atoms with Crippen molar-refractivity contribution in [3.8, 4) is 67.5 Å². The zero-order valence-corrected chi connectivity index (χ0v) is 29.5. The van der Waals surface area contributed by atoms with Crippen molar-refractivity contribution in [2.45, 2.75) is 0 Å². The Hall–Kier alpha value is -7.43. The highest BCUT2D eigenvalue weighted by atomic mass is 16.3. The van der Waals surface area contributed by atoms with Gasteiger partial charge in [-0.2, -0.15) is 0 Å². The van der Waals surface area contributed by atoms with Crippen molar-refractivity contribution in [2.24, 2.45) is 0 Å². The molecule has 0 aliphatic heterocycles. The third-order valence-electron chi connectivity index (χ3n) is 11.2. The largest absolute Gasteiger partial charge is 0.456 e. The van der Waals surface area contributed by atoms with Crippen molar-refractivity contribution in [1.82, 2.24) is 15.0 Å². The van der Waals surface area contributed by atoms with E-state index in [0.29, 0.717) is 17.5 Å². The number of hydrogen-bond acceptors (Lipinski definition) is 4. The fraction of sp³-hybridized carbons (Fsp3) is 0. The molecular formula is C51H29N3O. The van der Waals surface area contributed by atoms with Crippen LogP contribution in [0.1, 0.15) is 0 Å². The van der Waals surface area contributed by atoms with Gasteiger partial charge < -0.3 is 4.42 Å². The van der Waals surface area contributed by atoms with E-state index in [9.17, 15) is 0 Å². The summed E-state index contributed by atoms with van der Waals surface area (Å²) in [5, 5.41) is 9.34. The second-order valence-corrected chi connectivity index (χ2v) is 14.4. The Labute approximate surface area is 316 Å². The Bertz CT molecular complexity index is 3370. The molecular weight excluding hydrogens is 671 g/mol. The van der Waals surface area contributed by atoms with Crippen LogP contribution in [-0.4, -0.2) is 15.0 Å². The molecule has 254 valence electrons. The van der Waals surface area contributed by atoms with Crippen LogP contribution in [-0.2, 0) is 0 Å². The predicted molar refractivity (Wildman–Crippen MR) is 226 cm³/mol. The highest BCUT2D eigenvalue weighted by molar-refractivity contribution is 6.20. The van der Waals surface area contributed by atoms with E-state index in [1.54, 1.807) is 0 Å². The summed E-state index contributed by atoms with van der Waals surface area (Å²) in [4.78, 5) is 15.6. The molecule has 4 heteroatoms. The Kier molecular flexibility index (Phi) is 6.31. The van der Waals surface area contributed by atoms with Gasteiger partial charge in [0.05, 0.1) is 0 Å². The third kappa shape index (κ3) is 4.62. The van der Waals surface area contributed by atoms with Crippen LogP contribution in [0.2, 0.25) is 0 Å². The zero-order chi connectivity index (χ0) is 36.0. The number of hydrogen-bond donors (Lipinski definition) is 0. The van der Waals surface area contributed by atoms with Crippen LogP contribution in [0.4, 0.5) is 0 Å². The van der Waals surface area contributed by atoms with Crippen molar-refractivity contribution >= 4 is 54.3 Å². The van der Waals surface area contributed by atoms with Crippen molar-refractivity contribution in [1.29, 1.82) is 0 Å². The highest BCUT2D eigenvalue weighted by Gasteiger charge is 2.25. The molecule has 2 heterocycles. The zero-order valence-electron chi connectivity index (χ0n) is 29.5. The standard InChI is InChI=1S/C51H29N3O/c1-2-11-35-27-36(26-21-30(35)9-1)50-52-49(34-24-22-32(23-25-34)38-16-5-12-31-10-3-4-15-37(31)38)53-51(54-50)41-19-8-20-45-48(41)44-28-42-39-17-6-13-33-14-7-18-40(47(33)39)43(42)29-46(44)55-45/h1-29H. The fourth-order valence-corrected chi connectivity index (χ4v) is 8.65. The maximum atomic E-state index is 6.63. The van der Waals surface area contributed by atoms with Crippen LogP contribution in [0, 0.1) is 0 Å². The summed E-state index contributed by atoms with van der Waals surface area (Å²) >= 11 is 0. The van der Waals surface area contributed by atoms with Gasteiger partial charge in [0.1, 0.15) is 11.2 Å². The fourth-order valence-electron chi connectivity index (χ4n) is 8.65. The summed E-state index contributed by atoms with van der Waals surface area (Å²) in [6.45, 7) is 0. The minimum absolute atomic E-state index is 0.602. The van der Waals surface area contributed by atoms with Crippen LogP contribution in [0.5, 0.6) is 0 Å². The van der Waals surface area contributed by atoms with Gasteiger partial charge in [-0.1, -0.05) is 152 Å². The molecule has 0 saturated heterocycles.